The molecule has 1 aliphatic rings. The maximum absolute atomic E-state index is 11.4. The van der Waals surface area contributed by atoms with Crippen LogP contribution in [0.4, 0.5) is 0 Å². The number of fused-ring (bicyclic) bond motifs is 1. The highest BCUT2D eigenvalue weighted by atomic mass is 16.5. The van der Waals surface area contributed by atoms with Crippen LogP contribution in [0.25, 0.3) is 0 Å². The third-order valence-corrected chi connectivity index (χ3v) is 2.25. The molecule has 0 saturated carbocycles. The van der Waals surface area contributed by atoms with Crippen LogP contribution in [-0.2, 0) is 0 Å². The summed E-state index contributed by atoms with van der Waals surface area (Å²) in [4.78, 5) is 11.4. The standard InChI is InChI=1S/C10H10O5/c1-13-7-3-5-6(11)4-15-9(5)10(14-2)8(7)12/h3,12H,4H2,1-2H3. The number of methoxy groups -OCH3 is 2. The normalized spacial score (nSPS) is 13.3. The predicted molar refractivity (Wildman–Crippen MR) is 51.0 cm³/mol. The highest BCUT2D eigenvalue weighted by Crippen LogP contribution is 2.47. The Kier molecular flexibility index (Phi) is 2.15. The van der Waals surface area contributed by atoms with Crippen LogP contribution in [0.3, 0.4) is 0 Å². The minimum absolute atomic E-state index is 0.0295. The molecule has 0 amide bonds. The van der Waals surface area contributed by atoms with Gasteiger partial charge in [0.15, 0.2) is 18.1 Å². The zero-order valence-electron chi connectivity index (χ0n) is 8.36. The van der Waals surface area contributed by atoms with Gasteiger partial charge in [-0.15, -0.1) is 0 Å². The predicted octanol–water partition coefficient (Wildman–Crippen LogP) is 0.985. The molecule has 80 valence electrons. The fourth-order valence-corrected chi connectivity index (χ4v) is 1.52. The molecule has 0 spiro atoms. The first kappa shape index (κ1) is 9.64. The third-order valence-electron chi connectivity index (χ3n) is 2.25. The van der Waals surface area contributed by atoms with Gasteiger partial charge >= 0.3 is 0 Å². The van der Waals surface area contributed by atoms with E-state index in [2.05, 4.69) is 0 Å². The number of ether oxygens (including phenoxy) is 3. The average Bonchev–Trinajstić information content (AvgIpc) is 2.59. The minimum atomic E-state index is -0.159. The van der Waals surface area contributed by atoms with Crippen LogP contribution >= 0.6 is 0 Å². The summed E-state index contributed by atoms with van der Waals surface area (Å²) in [5.74, 6) is 0.301. The molecule has 5 nitrogen and oxygen atoms in total. The van der Waals surface area contributed by atoms with Crippen LogP contribution in [0.15, 0.2) is 6.07 Å². The van der Waals surface area contributed by atoms with E-state index in [9.17, 15) is 9.90 Å². The van der Waals surface area contributed by atoms with Crippen LogP contribution in [0, 0.1) is 0 Å². The maximum atomic E-state index is 11.4. The molecule has 5 heteroatoms. The number of phenols is 1. The van der Waals surface area contributed by atoms with Crippen molar-refractivity contribution >= 4 is 5.78 Å². The van der Waals surface area contributed by atoms with Gasteiger partial charge in [0.2, 0.25) is 17.3 Å². The molecule has 1 aliphatic heterocycles. The summed E-state index contributed by atoms with van der Waals surface area (Å²) in [5.41, 5.74) is 0.376. The number of hydrogen-bond acceptors (Lipinski definition) is 5. The van der Waals surface area contributed by atoms with E-state index in [0.29, 0.717) is 5.56 Å². The zero-order valence-corrected chi connectivity index (χ0v) is 8.36. The van der Waals surface area contributed by atoms with E-state index >= 15 is 0 Å². The molecule has 0 bridgehead atoms. The molecule has 2 rings (SSSR count). The number of carbonyl (C=O) groups excluding carboxylic acids is 1. The van der Waals surface area contributed by atoms with Gasteiger partial charge in [-0.3, -0.25) is 4.79 Å². The monoisotopic (exact) mass is 210 g/mol. The second kappa shape index (κ2) is 3.34. The number of ketones is 1. The summed E-state index contributed by atoms with van der Waals surface area (Å²) >= 11 is 0. The lowest BCUT2D eigenvalue weighted by atomic mass is 10.1. The Hall–Kier alpha value is -1.91. The van der Waals surface area contributed by atoms with E-state index in [-0.39, 0.29) is 35.4 Å². The van der Waals surface area contributed by atoms with Gasteiger partial charge in [-0.25, -0.2) is 0 Å². The Bertz CT molecular complexity index is 424. The molecular formula is C10H10O5. The van der Waals surface area contributed by atoms with Crippen molar-refractivity contribution in [2.45, 2.75) is 0 Å². The molecule has 0 atom stereocenters. The molecule has 0 saturated heterocycles. The summed E-state index contributed by atoms with van der Waals surface area (Å²) in [7, 11) is 2.79. The first-order valence-corrected chi connectivity index (χ1v) is 4.33. The highest BCUT2D eigenvalue weighted by molar-refractivity contribution is 6.04. The second-order valence-corrected chi connectivity index (χ2v) is 3.05. The topological polar surface area (TPSA) is 65.0 Å². The molecular weight excluding hydrogens is 200 g/mol. The molecule has 0 unspecified atom stereocenters. The highest BCUT2D eigenvalue weighted by Gasteiger charge is 2.29. The van der Waals surface area contributed by atoms with E-state index in [0.717, 1.165) is 0 Å². The Morgan fingerprint density at radius 3 is 2.73 bits per heavy atom. The number of aromatic hydroxyl groups is 1. The van der Waals surface area contributed by atoms with Crippen molar-refractivity contribution in [3.8, 4) is 23.0 Å². The lowest BCUT2D eigenvalue weighted by Crippen LogP contribution is -1.98. The number of benzene rings is 1. The first-order valence-electron chi connectivity index (χ1n) is 4.33. The fraction of sp³-hybridized carbons (Fsp3) is 0.300. The van der Waals surface area contributed by atoms with Crippen molar-refractivity contribution in [2.24, 2.45) is 0 Å². The van der Waals surface area contributed by atoms with Crippen LogP contribution in [0.5, 0.6) is 23.0 Å². The van der Waals surface area contributed by atoms with Crippen LogP contribution in [0.1, 0.15) is 10.4 Å². The average molecular weight is 210 g/mol. The zero-order chi connectivity index (χ0) is 11.0. The lowest BCUT2D eigenvalue weighted by molar-refractivity contribution is 0.0960. The summed E-state index contributed by atoms with van der Waals surface area (Å²) in [6.07, 6.45) is 0. The minimum Gasteiger partial charge on any atom is -0.502 e. The van der Waals surface area contributed by atoms with Gasteiger partial charge in [0.05, 0.1) is 19.8 Å². The molecule has 0 aliphatic carbocycles. The Labute approximate surface area is 86.2 Å². The van der Waals surface area contributed by atoms with Gasteiger partial charge in [0.25, 0.3) is 0 Å². The van der Waals surface area contributed by atoms with Crippen LogP contribution in [0.2, 0.25) is 0 Å². The van der Waals surface area contributed by atoms with Crippen LogP contribution < -0.4 is 14.2 Å². The van der Waals surface area contributed by atoms with Crippen molar-refractivity contribution in [3.63, 3.8) is 0 Å². The lowest BCUT2D eigenvalue weighted by Gasteiger charge is -2.11. The van der Waals surface area contributed by atoms with E-state index < -0.39 is 0 Å². The number of carbonyl (C=O) groups is 1. The Morgan fingerprint density at radius 1 is 1.40 bits per heavy atom. The van der Waals surface area contributed by atoms with Gasteiger partial charge in [0.1, 0.15) is 0 Å². The summed E-state index contributed by atoms with van der Waals surface area (Å²) in [6, 6.07) is 1.45. The number of phenolic OH excluding ortho intramolecular Hbond substituents is 1. The number of Topliss-reactive ketones (excluding diaryl/α,β-unsaturated/α-hetero) is 1. The van der Waals surface area contributed by atoms with E-state index in [1.165, 1.54) is 20.3 Å². The van der Waals surface area contributed by atoms with E-state index in [1.54, 1.807) is 0 Å². The van der Waals surface area contributed by atoms with E-state index in [1.807, 2.05) is 0 Å². The van der Waals surface area contributed by atoms with Crippen molar-refractivity contribution in [3.05, 3.63) is 11.6 Å². The molecule has 0 fully saturated rings. The maximum Gasteiger partial charge on any atom is 0.207 e. The summed E-state index contributed by atoms with van der Waals surface area (Å²) in [6.45, 7) is -0.0295. The van der Waals surface area contributed by atoms with Gasteiger partial charge in [-0.1, -0.05) is 0 Å². The summed E-state index contributed by atoms with van der Waals surface area (Å²) < 4.78 is 15.0. The summed E-state index contributed by atoms with van der Waals surface area (Å²) in [5, 5.41) is 9.70. The van der Waals surface area contributed by atoms with Gasteiger partial charge in [0, 0.05) is 0 Å². The SMILES string of the molecule is COc1cc2c(c(OC)c1O)OCC2=O. The van der Waals surface area contributed by atoms with Crippen molar-refractivity contribution in [1.82, 2.24) is 0 Å². The molecule has 1 N–H and O–H groups in total. The fourth-order valence-electron chi connectivity index (χ4n) is 1.52. The van der Waals surface area contributed by atoms with Gasteiger partial charge in [-0.05, 0) is 6.07 Å². The van der Waals surface area contributed by atoms with Crippen molar-refractivity contribution in [2.75, 3.05) is 20.8 Å². The van der Waals surface area contributed by atoms with E-state index in [4.69, 9.17) is 14.2 Å². The van der Waals surface area contributed by atoms with Gasteiger partial charge in [-0.2, -0.15) is 0 Å². The number of rotatable bonds is 2. The smallest absolute Gasteiger partial charge is 0.207 e. The molecule has 0 radical (unpaired) electrons. The second-order valence-electron chi connectivity index (χ2n) is 3.05. The van der Waals surface area contributed by atoms with Crippen LogP contribution in [-0.4, -0.2) is 31.7 Å². The molecule has 1 aromatic rings. The molecule has 15 heavy (non-hydrogen) atoms. The Morgan fingerprint density at radius 2 is 2.13 bits per heavy atom. The molecule has 1 heterocycles. The van der Waals surface area contributed by atoms with Gasteiger partial charge < -0.3 is 19.3 Å². The van der Waals surface area contributed by atoms with Crippen molar-refractivity contribution < 1.29 is 24.1 Å². The van der Waals surface area contributed by atoms with Crippen molar-refractivity contribution in [1.29, 1.82) is 0 Å². The largest absolute Gasteiger partial charge is 0.502 e. The quantitative estimate of drug-likeness (QED) is 0.788. The first-order chi connectivity index (χ1) is 7.19. The Balaban J connectivity index is 2.68. The third kappa shape index (κ3) is 1.27. The molecule has 0 aromatic heterocycles. The molecule has 1 aromatic carbocycles. The number of hydrogen-bond donors (Lipinski definition) is 1.